The van der Waals surface area contributed by atoms with E-state index < -0.39 is 27.1 Å². The number of nitriles is 1. The fourth-order valence-corrected chi connectivity index (χ4v) is 6.70. The van der Waals surface area contributed by atoms with Gasteiger partial charge in [-0.15, -0.1) is 22.7 Å². The molecule has 152 valence electrons. The van der Waals surface area contributed by atoms with Gasteiger partial charge in [0.1, 0.15) is 21.0 Å². The van der Waals surface area contributed by atoms with Crippen LogP contribution in [0.25, 0.3) is 31.1 Å². The Labute approximate surface area is 184 Å². The molecule has 7 nitrogen and oxygen atoms in total. The molecule has 30 heavy (non-hydrogen) atoms. The largest absolute Gasteiger partial charge is 0.506 e. The molecule has 0 aliphatic rings. The van der Waals surface area contributed by atoms with Crippen molar-refractivity contribution in [3.8, 4) is 32.7 Å². The zero-order valence-electron chi connectivity index (χ0n) is 15.2. The molecule has 0 saturated heterocycles. The van der Waals surface area contributed by atoms with Crippen LogP contribution in [0.2, 0.25) is 4.34 Å². The number of benzene rings is 1. The maximum Gasteiger partial charge on any atom is 0.306 e. The van der Waals surface area contributed by atoms with Crippen molar-refractivity contribution in [3.63, 3.8) is 0 Å². The third-order valence-electron chi connectivity index (χ3n) is 4.46. The Bertz CT molecular complexity index is 1520. The molecule has 0 saturated carbocycles. The summed E-state index contributed by atoms with van der Waals surface area (Å²) in [6.07, 6.45) is 0. The molecule has 3 heterocycles. The summed E-state index contributed by atoms with van der Waals surface area (Å²) in [6, 6.07) is 13.1. The van der Waals surface area contributed by atoms with Crippen LogP contribution in [0.4, 0.5) is 0 Å². The predicted molar refractivity (Wildman–Crippen MR) is 119 cm³/mol. The molecule has 0 radical (unpaired) electrons. The van der Waals surface area contributed by atoms with Gasteiger partial charge in [0.2, 0.25) is 0 Å². The standard InChI is InChI=1S/C19H12ClN3O4S3/c1-9-2-4-10(5-3-9)12-6-7-13(28-12)14-15-16(24)11(8-21)18(25)23(30(22,26)27)19(15)29-17(14)20/h2-7,24H,1H3,(H2,22,26,27). The lowest BCUT2D eigenvalue weighted by Crippen LogP contribution is -2.33. The molecular weight excluding hydrogens is 466 g/mol. The van der Waals surface area contributed by atoms with Gasteiger partial charge in [0, 0.05) is 15.3 Å². The highest BCUT2D eigenvalue weighted by Crippen LogP contribution is 2.48. The number of hydrogen-bond acceptors (Lipinski definition) is 7. The Morgan fingerprint density at radius 2 is 1.77 bits per heavy atom. The normalized spacial score (nSPS) is 11.7. The maximum atomic E-state index is 12.4. The van der Waals surface area contributed by atoms with Crippen LogP contribution in [0.3, 0.4) is 0 Å². The van der Waals surface area contributed by atoms with Gasteiger partial charge in [-0.1, -0.05) is 41.4 Å². The first-order chi connectivity index (χ1) is 14.1. The number of thiophene rings is 2. The summed E-state index contributed by atoms with van der Waals surface area (Å²) in [6.45, 7) is 1.99. The van der Waals surface area contributed by atoms with Crippen LogP contribution in [0.1, 0.15) is 11.1 Å². The summed E-state index contributed by atoms with van der Waals surface area (Å²) in [5.74, 6) is -0.624. The monoisotopic (exact) mass is 477 g/mol. The third kappa shape index (κ3) is 3.21. The van der Waals surface area contributed by atoms with E-state index in [1.165, 1.54) is 11.3 Å². The van der Waals surface area contributed by atoms with Gasteiger partial charge in [-0.25, -0.2) is 5.14 Å². The Kier molecular flexibility index (Phi) is 4.96. The predicted octanol–water partition coefficient (Wildman–Crippen LogP) is 4.05. The van der Waals surface area contributed by atoms with Gasteiger partial charge in [0.25, 0.3) is 5.56 Å². The van der Waals surface area contributed by atoms with Crippen LogP contribution >= 0.6 is 34.3 Å². The van der Waals surface area contributed by atoms with Gasteiger partial charge in [0.15, 0.2) is 5.56 Å². The van der Waals surface area contributed by atoms with Crippen molar-refractivity contribution in [1.82, 2.24) is 3.97 Å². The lowest BCUT2D eigenvalue weighted by Gasteiger charge is -2.08. The SMILES string of the molecule is Cc1ccc(-c2ccc(-c3c(Cl)sc4c3c(O)c(C#N)c(=O)n4S(N)(=O)=O)s2)cc1. The molecule has 0 aliphatic carbocycles. The van der Waals surface area contributed by atoms with Crippen LogP contribution in [0.15, 0.2) is 41.2 Å². The summed E-state index contributed by atoms with van der Waals surface area (Å²) >= 11 is 8.57. The van der Waals surface area contributed by atoms with Crippen molar-refractivity contribution in [2.45, 2.75) is 6.92 Å². The molecule has 4 aromatic rings. The van der Waals surface area contributed by atoms with Crippen molar-refractivity contribution in [2.24, 2.45) is 5.14 Å². The van der Waals surface area contributed by atoms with E-state index in [4.69, 9.17) is 16.7 Å². The number of nitrogens with two attached hydrogens (primary N) is 1. The number of halogens is 1. The summed E-state index contributed by atoms with van der Waals surface area (Å²) in [5, 5.41) is 25.1. The number of aryl methyl sites for hydroxylation is 1. The zero-order valence-corrected chi connectivity index (χ0v) is 18.4. The topological polar surface area (TPSA) is 126 Å². The van der Waals surface area contributed by atoms with Crippen molar-refractivity contribution in [1.29, 1.82) is 5.26 Å². The molecule has 0 amide bonds. The highest BCUT2D eigenvalue weighted by atomic mass is 35.5. The number of hydrogen-bond donors (Lipinski definition) is 2. The zero-order chi connectivity index (χ0) is 21.8. The average Bonchev–Trinajstić information content (AvgIpc) is 3.26. The molecule has 0 bridgehead atoms. The highest BCUT2D eigenvalue weighted by molar-refractivity contribution is 7.87. The minimum atomic E-state index is -4.54. The molecule has 11 heteroatoms. The molecule has 0 unspecified atom stereocenters. The van der Waals surface area contributed by atoms with E-state index in [0.29, 0.717) is 14.4 Å². The van der Waals surface area contributed by atoms with E-state index in [2.05, 4.69) is 0 Å². The Morgan fingerprint density at radius 3 is 2.37 bits per heavy atom. The molecule has 0 spiro atoms. The van der Waals surface area contributed by atoms with Gasteiger partial charge in [0.05, 0.1) is 5.39 Å². The molecule has 0 atom stereocenters. The summed E-state index contributed by atoms with van der Waals surface area (Å²) < 4.78 is 24.5. The molecule has 3 aromatic heterocycles. The number of pyridine rings is 1. The molecule has 0 aliphatic heterocycles. The van der Waals surface area contributed by atoms with Crippen molar-refractivity contribution < 1.29 is 13.5 Å². The number of aromatic nitrogens is 1. The fraction of sp³-hybridized carbons (Fsp3) is 0.0526. The van der Waals surface area contributed by atoms with E-state index in [0.717, 1.165) is 27.3 Å². The van der Waals surface area contributed by atoms with E-state index in [1.807, 2.05) is 37.3 Å². The molecule has 4 rings (SSSR count). The van der Waals surface area contributed by atoms with Gasteiger partial charge in [-0.3, -0.25) is 4.79 Å². The lowest BCUT2D eigenvalue weighted by atomic mass is 10.1. The van der Waals surface area contributed by atoms with Crippen molar-refractivity contribution >= 4 is 54.7 Å². The summed E-state index contributed by atoms with van der Waals surface area (Å²) in [7, 11) is -4.54. The van der Waals surface area contributed by atoms with Crippen LogP contribution in [-0.4, -0.2) is 17.5 Å². The molecule has 3 N–H and O–H groups in total. The second-order valence-electron chi connectivity index (χ2n) is 6.41. The minimum Gasteiger partial charge on any atom is -0.506 e. The number of fused-ring (bicyclic) bond motifs is 1. The van der Waals surface area contributed by atoms with E-state index in [-0.39, 0.29) is 14.6 Å². The first kappa shape index (κ1) is 20.6. The Morgan fingerprint density at radius 1 is 1.13 bits per heavy atom. The number of rotatable bonds is 3. The van der Waals surface area contributed by atoms with Crippen LogP contribution in [0.5, 0.6) is 5.75 Å². The van der Waals surface area contributed by atoms with Gasteiger partial charge < -0.3 is 5.11 Å². The van der Waals surface area contributed by atoms with Crippen LogP contribution < -0.4 is 10.7 Å². The van der Waals surface area contributed by atoms with E-state index >= 15 is 0 Å². The first-order valence-corrected chi connectivity index (χ1v) is 11.9. The van der Waals surface area contributed by atoms with E-state index in [9.17, 15) is 23.6 Å². The van der Waals surface area contributed by atoms with E-state index in [1.54, 1.807) is 12.1 Å². The van der Waals surface area contributed by atoms with Crippen LogP contribution in [0, 0.1) is 18.3 Å². The Hall–Kier alpha value is -2.68. The number of aromatic hydroxyl groups is 1. The smallest absolute Gasteiger partial charge is 0.306 e. The summed E-state index contributed by atoms with van der Waals surface area (Å²) in [5.41, 5.74) is 0.503. The second-order valence-corrected chi connectivity index (χ2v) is 10.5. The van der Waals surface area contributed by atoms with Crippen LogP contribution in [-0.2, 0) is 10.2 Å². The van der Waals surface area contributed by atoms with Gasteiger partial charge >= 0.3 is 10.2 Å². The maximum absolute atomic E-state index is 12.4. The average molecular weight is 478 g/mol. The molecule has 1 aromatic carbocycles. The quantitative estimate of drug-likeness (QED) is 0.460. The highest BCUT2D eigenvalue weighted by Gasteiger charge is 2.28. The Balaban J connectivity index is 2.04. The van der Waals surface area contributed by atoms with Gasteiger partial charge in [-0.05, 0) is 24.6 Å². The minimum absolute atomic E-state index is 0.00696. The second kappa shape index (κ2) is 7.23. The lowest BCUT2D eigenvalue weighted by molar-refractivity contribution is 0.478. The molecular formula is C19H12ClN3O4S3. The van der Waals surface area contributed by atoms with Gasteiger partial charge in [-0.2, -0.15) is 17.7 Å². The molecule has 0 fully saturated rings. The third-order valence-corrected chi connectivity index (χ3v) is 7.97. The first-order valence-electron chi connectivity index (χ1n) is 8.34. The van der Waals surface area contributed by atoms with Crippen molar-refractivity contribution in [2.75, 3.05) is 0 Å². The summed E-state index contributed by atoms with van der Waals surface area (Å²) in [4.78, 5) is 13.9. The number of nitrogens with zero attached hydrogens (tertiary/aromatic N) is 2. The van der Waals surface area contributed by atoms with Crippen molar-refractivity contribution in [3.05, 3.63) is 62.2 Å². The fourth-order valence-electron chi connectivity index (χ4n) is 3.07.